The van der Waals surface area contributed by atoms with Crippen molar-refractivity contribution in [2.75, 3.05) is 14.1 Å². The molecule has 0 aliphatic carbocycles. The van der Waals surface area contributed by atoms with Gasteiger partial charge in [0.25, 0.3) is 0 Å². The van der Waals surface area contributed by atoms with E-state index in [9.17, 15) is 14.9 Å². The number of aromatic nitrogens is 4. The van der Waals surface area contributed by atoms with E-state index in [0.717, 1.165) is 28.1 Å². The number of fused-ring (bicyclic) bond motifs is 2. The first-order valence-electron chi connectivity index (χ1n) is 11.1. The number of imidazole rings is 1. The van der Waals surface area contributed by atoms with Crippen molar-refractivity contribution in [3.05, 3.63) is 94.7 Å². The molecule has 5 aromatic rings. The normalized spacial score (nSPS) is 11.0. The average Bonchev–Trinajstić information content (AvgIpc) is 3.44. The van der Waals surface area contributed by atoms with Gasteiger partial charge in [0, 0.05) is 49.4 Å². The molecule has 0 unspecified atom stereocenters. The van der Waals surface area contributed by atoms with Crippen LogP contribution in [-0.4, -0.2) is 50.3 Å². The second-order valence-electron chi connectivity index (χ2n) is 8.58. The number of H-pyrrole nitrogens is 1. The zero-order chi connectivity index (χ0) is 24.7. The molecule has 0 aliphatic rings. The third kappa shape index (κ3) is 3.83. The Bertz CT molecular complexity index is 1650. The van der Waals surface area contributed by atoms with E-state index in [1.54, 1.807) is 50.6 Å². The first-order valence-corrected chi connectivity index (χ1v) is 11.1. The molecule has 0 saturated heterocycles. The van der Waals surface area contributed by atoms with Crippen LogP contribution in [-0.2, 0) is 6.42 Å². The van der Waals surface area contributed by atoms with Crippen LogP contribution in [0, 0.1) is 18.3 Å². The highest BCUT2D eigenvalue weighted by molar-refractivity contribution is 6.18. The van der Waals surface area contributed by atoms with Crippen molar-refractivity contribution in [1.82, 2.24) is 24.4 Å². The van der Waals surface area contributed by atoms with E-state index in [4.69, 9.17) is 0 Å². The molecule has 0 bridgehead atoms. The van der Waals surface area contributed by atoms with Crippen molar-refractivity contribution >= 4 is 33.8 Å². The maximum atomic E-state index is 13.5. The van der Waals surface area contributed by atoms with Crippen molar-refractivity contribution < 1.29 is 9.59 Å². The molecule has 8 heteroatoms. The number of benzene rings is 2. The minimum atomic E-state index is -0.297. The zero-order valence-electron chi connectivity index (χ0n) is 19.5. The molecule has 0 saturated carbocycles. The van der Waals surface area contributed by atoms with Gasteiger partial charge in [-0.1, -0.05) is 30.3 Å². The van der Waals surface area contributed by atoms with Gasteiger partial charge in [0.1, 0.15) is 11.3 Å². The predicted octanol–water partition coefficient (Wildman–Crippen LogP) is 4.44. The molecule has 0 aliphatic heterocycles. The number of ketones is 1. The number of rotatable bonds is 4. The topological polar surface area (TPSA) is 108 Å². The third-order valence-corrected chi connectivity index (χ3v) is 5.97. The average molecular weight is 463 g/mol. The van der Waals surface area contributed by atoms with Gasteiger partial charge in [-0.2, -0.15) is 5.26 Å². The highest BCUT2D eigenvalue weighted by Gasteiger charge is 2.22. The molecule has 8 nitrogen and oxygen atoms in total. The number of nitrogens with zero attached hydrogens (tertiary/aromatic N) is 5. The minimum absolute atomic E-state index is 0.252. The standard InChI is InChI=1S/C27H22N6O2/c1-16-30-21-11-12-29-22(25(21)31-16)13-17-7-9-18(10-8-17)26(34)20-15-33(27(35)32(2)3)23-6-4-5-19(14-28)24(20)23/h4-12,15H,13H2,1-3H3,(H,30,31). The number of carbonyl (C=O) groups is 2. The van der Waals surface area contributed by atoms with Gasteiger partial charge >= 0.3 is 6.03 Å². The van der Waals surface area contributed by atoms with Crippen LogP contribution in [0.15, 0.2) is 60.9 Å². The number of hydrogen-bond acceptors (Lipinski definition) is 5. The maximum absolute atomic E-state index is 13.5. The molecule has 5 rings (SSSR count). The first kappa shape index (κ1) is 22.0. The van der Waals surface area contributed by atoms with Crippen LogP contribution in [0.1, 0.15) is 38.6 Å². The van der Waals surface area contributed by atoms with Crippen molar-refractivity contribution in [2.45, 2.75) is 13.3 Å². The van der Waals surface area contributed by atoms with Crippen molar-refractivity contribution in [2.24, 2.45) is 0 Å². The highest BCUT2D eigenvalue weighted by Crippen LogP contribution is 2.28. The fourth-order valence-corrected chi connectivity index (χ4v) is 4.29. The van der Waals surface area contributed by atoms with Crippen LogP contribution in [0.4, 0.5) is 4.79 Å². The SMILES string of the molecule is Cc1nc2c(Cc3ccc(C(=O)c4cn(C(=O)N(C)C)c5cccc(C#N)c45)cc3)nccc2[nH]1. The van der Waals surface area contributed by atoms with E-state index in [1.165, 1.54) is 15.7 Å². The summed E-state index contributed by atoms with van der Waals surface area (Å²) in [7, 11) is 3.28. The van der Waals surface area contributed by atoms with E-state index in [1.807, 2.05) is 25.1 Å². The summed E-state index contributed by atoms with van der Waals surface area (Å²) in [4.78, 5) is 39.9. The summed E-state index contributed by atoms with van der Waals surface area (Å²) in [6.07, 6.45) is 3.85. The number of aromatic amines is 1. The largest absolute Gasteiger partial charge is 0.342 e. The number of nitrogens with one attached hydrogen (secondary N) is 1. The molecule has 1 N–H and O–H groups in total. The number of hydrogen-bond donors (Lipinski definition) is 1. The summed E-state index contributed by atoms with van der Waals surface area (Å²) in [5.74, 6) is 0.580. The van der Waals surface area contributed by atoms with Crippen LogP contribution in [0.2, 0.25) is 0 Å². The lowest BCUT2D eigenvalue weighted by molar-refractivity contribution is 0.104. The smallest absolute Gasteiger partial charge is 0.328 e. The number of carbonyl (C=O) groups excluding carboxylic acids is 2. The van der Waals surface area contributed by atoms with Crippen molar-refractivity contribution in [3.63, 3.8) is 0 Å². The molecule has 35 heavy (non-hydrogen) atoms. The molecule has 0 atom stereocenters. The summed E-state index contributed by atoms with van der Waals surface area (Å²) >= 11 is 0. The molecule has 0 fully saturated rings. The lowest BCUT2D eigenvalue weighted by Crippen LogP contribution is -2.26. The third-order valence-electron chi connectivity index (χ3n) is 5.97. The van der Waals surface area contributed by atoms with Crippen molar-refractivity contribution in [3.8, 4) is 6.07 Å². The van der Waals surface area contributed by atoms with Gasteiger partial charge < -0.3 is 9.88 Å². The Balaban J connectivity index is 1.51. The molecule has 1 amide bonds. The number of pyridine rings is 1. The predicted molar refractivity (Wildman–Crippen MR) is 132 cm³/mol. The second kappa shape index (κ2) is 8.54. The Morgan fingerprint density at radius 3 is 2.60 bits per heavy atom. The van der Waals surface area contributed by atoms with E-state index in [0.29, 0.717) is 34.0 Å². The molecule has 2 aromatic carbocycles. The summed E-state index contributed by atoms with van der Waals surface area (Å²) < 4.78 is 1.41. The Morgan fingerprint density at radius 2 is 1.89 bits per heavy atom. The number of nitriles is 1. The molecule has 3 heterocycles. The molecule has 0 spiro atoms. The van der Waals surface area contributed by atoms with E-state index in [-0.39, 0.29) is 11.8 Å². The number of aryl methyl sites for hydroxylation is 1. The lowest BCUT2D eigenvalue weighted by Gasteiger charge is -2.11. The van der Waals surface area contributed by atoms with E-state index < -0.39 is 0 Å². The van der Waals surface area contributed by atoms with Crippen LogP contribution < -0.4 is 0 Å². The maximum Gasteiger partial charge on any atom is 0.328 e. The summed E-state index contributed by atoms with van der Waals surface area (Å²) in [5, 5.41) is 10.1. The van der Waals surface area contributed by atoms with Crippen LogP contribution in [0.5, 0.6) is 0 Å². The fraction of sp³-hybridized carbons (Fsp3) is 0.148. The summed E-state index contributed by atoms with van der Waals surface area (Å²) in [6, 6.07) is 16.1. The molecular weight excluding hydrogens is 440 g/mol. The Hall–Kier alpha value is -4.77. The zero-order valence-corrected chi connectivity index (χ0v) is 19.5. The summed E-state index contributed by atoms with van der Waals surface area (Å²) in [5.41, 5.74) is 5.29. The molecule has 172 valence electrons. The van der Waals surface area contributed by atoms with Gasteiger partial charge in [-0.15, -0.1) is 0 Å². The van der Waals surface area contributed by atoms with Gasteiger partial charge in [-0.3, -0.25) is 14.3 Å². The van der Waals surface area contributed by atoms with Gasteiger partial charge in [-0.25, -0.2) is 9.78 Å². The molecule has 0 radical (unpaired) electrons. The lowest BCUT2D eigenvalue weighted by atomic mass is 9.98. The molecular formula is C27H22N6O2. The summed E-state index contributed by atoms with van der Waals surface area (Å²) in [6.45, 7) is 1.91. The van der Waals surface area contributed by atoms with Crippen LogP contribution in [0.25, 0.3) is 21.9 Å². The van der Waals surface area contributed by atoms with Crippen LogP contribution >= 0.6 is 0 Å². The van der Waals surface area contributed by atoms with Gasteiger partial charge in [0.15, 0.2) is 5.78 Å². The Kier molecular flexibility index (Phi) is 5.38. The Morgan fingerprint density at radius 1 is 1.11 bits per heavy atom. The second-order valence-corrected chi connectivity index (χ2v) is 8.58. The molecule has 3 aromatic heterocycles. The Labute approximate surface area is 201 Å². The number of amides is 1. The fourth-order valence-electron chi connectivity index (χ4n) is 4.29. The van der Waals surface area contributed by atoms with Gasteiger partial charge in [-0.05, 0) is 30.7 Å². The monoisotopic (exact) mass is 462 g/mol. The van der Waals surface area contributed by atoms with Crippen molar-refractivity contribution in [1.29, 1.82) is 5.26 Å². The highest BCUT2D eigenvalue weighted by atomic mass is 16.2. The minimum Gasteiger partial charge on any atom is -0.342 e. The van der Waals surface area contributed by atoms with Gasteiger partial charge in [0.2, 0.25) is 0 Å². The van der Waals surface area contributed by atoms with E-state index >= 15 is 0 Å². The quantitative estimate of drug-likeness (QED) is 0.397. The van der Waals surface area contributed by atoms with Crippen LogP contribution in [0.3, 0.4) is 0 Å². The van der Waals surface area contributed by atoms with E-state index in [2.05, 4.69) is 21.0 Å². The first-order chi connectivity index (χ1) is 16.9. The van der Waals surface area contributed by atoms with Gasteiger partial charge in [0.05, 0.1) is 28.4 Å².